The molecule has 2 aromatic rings. The minimum absolute atomic E-state index is 0.0591. The van der Waals surface area contributed by atoms with E-state index in [0.717, 1.165) is 4.47 Å². The second kappa shape index (κ2) is 5.85. The van der Waals surface area contributed by atoms with Crippen LogP contribution in [0.25, 0.3) is 0 Å². The quantitative estimate of drug-likeness (QED) is 0.829. The van der Waals surface area contributed by atoms with Crippen LogP contribution >= 0.6 is 15.9 Å². The van der Waals surface area contributed by atoms with Gasteiger partial charge in [0.1, 0.15) is 0 Å². The average Bonchev–Trinajstić information content (AvgIpc) is 2.94. The summed E-state index contributed by atoms with van der Waals surface area (Å²) in [5.74, 6) is 0.613. The molecular weight excluding hydrogens is 336 g/mol. The highest BCUT2D eigenvalue weighted by Gasteiger charge is 2.24. The van der Waals surface area contributed by atoms with Crippen molar-refractivity contribution in [3.8, 4) is 0 Å². The molecule has 1 aliphatic heterocycles. The lowest BCUT2D eigenvalue weighted by molar-refractivity contribution is 0.0745. The highest BCUT2D eigenvalue weighted by Crippen LogP contribution is 2.17. The fourth-order valence-corrected chi connectivity index (χ4v) is 2.55. The van der Waals surface area contributed by atoms with Crippen molar-refractivity contribution in [3.63, 3.8) is 0 Å². The number of aromatic nitrogens is 2. The number of benzene rings is 1. The number of amides is 1. The number of carbonyl (C=O) groups excluding carboxylic acids is 1. The molecule has 0 aliphatic carbocycles. The summed E-state index contributed by atoms with van der Waals surface area (Å²) in [6, 6.07) is 7.96. The Labute approximate surface area is 130 Å². The number of hydrogen-bond acceptors (Lipinski definition) is 5. The van der Waals surface area contributed by atoms with Crippen LogP contribution in [0.5, 0.6) is 0 Å². The molecule has 1 saturated heterocycles. The monoisotopic (exact) mass is 350 g/mol. The minimum atomic E-state index is 0.0591. The van der Waals surface area contributed by atoms with Crippen molar-refractivity contribution in [2.45, 2.75) is 6.92 Å². The Balaban J connectivity index is 1.63. The number of carbonyl (C=O) groups is 1. The van der Waals surface area contributed by atoms with E-state index in [4.69, 9.17) is 4.42 Å². The molecule has 1 fully saturated rings. The third-order valence-corrected chi connectivity index (χ3v) is 3.97. The first kappa shape index (κ1) is 14.1. The molecule has 0 unspecified atom stereocenters. The number of rotatable bonds is 2. The number of nitrogens with zero attached hydrogens (tertiary/aromatic N) is 4. The topological polar surface area (TPSA) is 62.5 Å². The van der Waals surface area contributed by atoms with Crippen LogP contribution in [0, 0.1) is 6.92 Å². The van der Waals surface area contributed by atoms with Crippen LogP contribution in [-0.2, 0) is 0 Å². The first-order valence-electron chi connectivity index (χ1n) is 6.73. The van der Waals surface area contributed by atoms with E-state index in [1.165, 1.54) is 0 Å². The summed E-state index contributed by atoms with van der Waals surface area (Å²) in [5.41, 5.74) is 0.709. The van der Waals surface area contributed by atoms with Crippen LogP contribution in [0.3, 0.4) is 0 Å². The van der Waals surface area contributed by atoms with Gasteiger partial charge in [-0.2, -0.15) is 0 Å². The number of hydrogen-bond donors (Lipinski definition) is 0. The first-order valence-corrected chi connectivity index (χ1v) is 7.53. The number of anilines is 1. The van der Waals surface area contributed by atoms with E-state index in [1.807, 2.05) is 34.1 Å². The Kier molecular flexibility index (Phi) is 3.92. The molecule has 1 aromatic carbocycles. The summed E-state index contributed by atoms with van der Waals surface area (Å²) >= 11 is 3.37. The van der Waals surface area contributed by atoms with Crippen molar-refractivity contribution < 1.29 is 9.21 Å². The largest absolute Gasteiger partial charge is 0.408 e. The Bertz CT molecular complexity index is 633. The molecule has 0 radical (unpaired) electrons. The maximum atomic E-state index is 12.4. The van der Waals surface area contributed by atoms with Crippen LogP contribution in [0.1, 0.15) is 16.2 Å². The average molecular weight is 351 g/mol. The standard InChI is InChI=1S/C14H15BrN4O2/c1-10-16-17-14(21-10)19-8-6-18(7-9-19)13(20)11-2-4-12(15)5-3-11/h2-5H,6-9H2,1H3. The van der Waals surface area contributed by atoms with Gasteiger partial charge in [-0.1, -0.05) is 21.0 Å². The summed E-state index contributed by atoms with van der Waals surface area (Å²) in [6.45, 7) is 4.46. The molecule has 21 heavy (non-hydrogen) atoms. The van der Waals surface area contributed by atoms with E-state index in [0.29, 0.717) is 43.6 Å². The van der Waals surface area contributed by atoms with E-state index < -0.39 is 0 Å². The predicted octanol–water partition coefficient (Wildman–Crippen LogP) is 2.10. The van der Waals surface area contributed by atoms with E-state index in [9.17, 15) is 4.79 Å². The third-order valence-electron chi connectivity index (χ3n) is 3.44. The molecule has 0 saturated carbocycles. The molecular formula is C14H15BrN4O2. The van der Waals surface area contributed by atoms with Gasteiger partial charge >= 0.3 is 6.01 Å². The summed E-state index contributed by atoms with van der Waals surface area (Å²) in [5, 5.41) is 7.84. The summed E-state index contributed by atoms with van der Waals surface area (Å²) in [7, 11) is 0. The van der Waals surface area contributed by atoms with E-state index in [-0.39, 0.29) is 5.91 Å². The van der Waals surface area contributed by atoms with E-state index >= 15 is 0 Å². The van der Waals surface area contributed by atoms with Gasteiger partial charge in [-0.3, -0.25) is 4.79 Å². The van der Waals surface area contributed by atoms with E-state index in [1.54, 1.807) is 6.92 Å². The number of halogens is 1. The second-order valence-corrected chi connectivity index (χ2v) is 5.81. The molecule has 110 valence electrons. The number of piperazine rings is 1. The molecule has 0 spiro atoms. The first-order chi connectivity index (χ1) is 10.1. The zero-order valence-electron chi connectivity index (χ0n) is 11.6. The van der Waals surface area contributed by atoms with Crippen LogP contribution < -0.4 is 4.90 Å². The molecule has 2 heterocycles. The normalized spacial score (nSPS) is 15.3. The Hall–Kier alpha value is -1.89. The van der Waals surface area contributed by atoms with Crippen LogP contribution in [0.15, 0.2) is 33.2 Å². The van der Waals surface area contributed by atoms with Crippen molar-refractivity contribution in [1.29, 1.82) is 0 Å². The van der Waals surface area contributed by atoms with E-state index in [2.05, 4.69) is 26.1 Å². The van der Waals surface area contributed by atoms with Gasteiger partial charge in [0, 0.05) is 43.1 Å². The lowest BCUT2D eigenvalue weighted by atomic mass is 10.2. The van der Waals surface area contributed by atoms with Crippen molar-refractivity contribution in [2.75, 3.05) is 31.1 Å². The van der Waals surface area contributed by atoms with Gasteiger partial charge in [-0.25, -0.2) is 0 Å². The fraction of sp³-hybridized carbons (Fsp3) is 0.357. The van der Waals surface area contributed by atoms with Crippen molar-refractivity contribution in [2.24, 2.45) is 0 Å². The minimum Gasteiger partial charge on any atom is -0.408 e. The van der Waals surface area contributed by atoms with Crippen LogP contribution in [0.2, 0.25) is 0 Å². The van der Waals surface area contributed by atoms with Crippen molar-refractivity contribution in [1.82, 2.24) is 15.1 Å². The van der Waals surface area contributed by atoms with Gasteiger partial charge in [-0.15, -0.1) is 5.10 Å². The van der Waals surface area contributed by atoms with Crippen molar-refractivity contribution >= 4 is 27.9 Å². The number of aryl methyl sites for hydroxylation is 1. The lowest BCUT2D eigenvalue weighted by Gasteiger charge is -2.33. The smallest absolute Gasteiger partial charge is 0.318 e. The maximum absolute atomic E-state index is 12.4. The summed E-state index contributed by atoms with van der Waals surface area (Å²) < 4.78 is 6.38. The highest BCUT2D eigenvalue weighted by atomic mass is 79.9. The van der Waals surface area contributed by atoms with Crippen LogP contribution in [0.4, 0.5) is 6.01 Å². The van der Waals surface area contributed by atoms with Crippen LogP contribution in [-0.4, -0.2) is 47.2 Å². The molecule has 3 rings (SSSR count). The zero-order chi connectivity index (χ0) is 14.8. The molecule has 0 atom stereocenters. The third kappa shape index (κ3) is 3.07. The molecule has 0 N–H and O–H groups in total. The highest BCUT2D eigenvalue weighted by molar-refractivity contribution is 9.10. The van der Waals surface area contributed by atoms with Gasteiger partial charge in [0.25, 0.3) is 5.91 Å². The Morgan fingerprint density at radius 1 is 1.14 bits per heavy atom. The zero-order valence-corrected chi connectivity index (χ0v) is 13.2. The van der Waals surface area contributed by atoms with Gasteiger partial charge in [0.05, 0.1) is 0 Å². The molecule has 6 nitrogen and oxygen atoms in total. The lowest BCUT2D eigenvalue weighted by Crippen LogP contribution is -2.48. The molecule has 1 aliphatic rings. The fourth-order valence-electron chi connectivity index (χ4n) is 2.29. The van der Waals surface area contributed by atoms with Gasteiger partial charge in [-0.05, 0) is 24.3 Å². The summed E-state index contributed by atoms with van der Waals surface area (Å²) in [6.07, 6.45) is 0. The van der Waals surface area contributed by atoms with Gasteiger partial charge in [0.15, 0.2) is 0 Å². The summed E-state index contributed by atoms with van der Waals surface area (Å²) in [4.78, 5) is 16.3. The Morgan fingerprint density at radius 3 is 2.38 bits per heavy atom. The second-order valence-electron chi connectivity index (χ2n) is 4.89. The predicted molar refractivity (Wildman–Crippen MR) is 81.3 cm³/mol. The Morgan fingerprint density at radius 2 is 1.81 bits per heavy atom. The van der Waals surface area contributed by atoms with Gasteiger partial charge in [0.2, 0.25) is 5.89 Å². The SMILES string of the molecule is Cc1nnc(N2CCN(C(=O)c3ccc(Br)cc3)CC2)o1. The molecule has 1 amide bonds. The molecule has 0 bridgehead atoms. The maximum Gasteiger partial charge on any atom is 0.318 e. The van der Waals surface area contributed by atoms with Gasteiger partial charge < -0.3 is 14.2 Å². The van der Waals surface area contributed by atoms with Crippen molar-refractivity contribution in [3.05, 3.63) is 40.2 Å². The molecule has 1 aromatic heterocycles. The molecule has 7 heteroatoms.